The molecule has 29 heavy (non-hydrogen) atoms. The molecule has 0 bridgehead atoms. The van der Waals surface area contributed by atoms with Gasteiger partial charge in [0.1, 0.15) is 5.82 Å². The maximum absolute atomic E-state index is 14.4. The normalized spacial score (nSPS) is 14.7. The lowest BCUT2D eigenvalue weighted by Crippen LogP contribution is -2.49. The van der Waals surface area contributed by atoms with Crippen molar-refractivity contribution in [2.75, 3.05) is 44.7 Å². The van der Waals surface area contributed by atoms with Gasteiger partial charge in [-0.05, 0) is 43.2 Å². The van der Waals surface area contributed by atoms with Gasteiger partial charge in [0.25, 0.3) is 0 Å². The van der Waals surface area contributed by atoms with E-state index in [0.29, 0.717) is 50.5 Å². The molecular formula is C23H28FN3O2. The number of anilines is 1. The van der Waals surface area contributed by atoms with Crippen molar-refractivity contribution in [3.8, 4) is 0 Å². The molecular weight excluding hydrogens is 369 g/mol. The molecule has 1 fully saturated rings. The third-order valence-corrected chi connectivity index (χ3v) is 5.52. The first-order chi connectivity index (χ1) is 13.8. The fourth-order valence-electron chi connectivity index (χ4n) is 3.57. The fraction of sp³-hybridized carbons (Fsp3) is 0.391. The van der Waals surface area contributed by atoms with E-state index in [1.807, 2.05) is 30.1 Å². The predicted molar refractivity (Wildman–Crippen MR) is 113 cm³/mol. The molecule has 1 amide bonds. The number of amides is 1. The second-order valence-corrected chi connectivity index (χ2v) is 7.66. The number of hydrogen-bond donors (Lipinski definition) is 0. The van der Waals surface area contributed by atoms with Crippen molar-refractivity contribution >= 4 is 17.4 Å². The average molecular weight is 397 g/mol. The number of hydrogen-bond acceptors (Lipinski definition) is 4. The molecule has 0 atom stereocenters. The van der Waals surface area contributed by atoms with Crippen LogP contribution >= 0.6 is 0 Å². The number of benzene rings is 2. The Balaban J connectivity index is 1.52. The van der Waals surface area contributed by atoms with Gasteiger partial charge < -0.3 is 9.80 Å². The van der Waals surface area contributed by atoms with Crippen LogP contribution in [-0.2, 0) is 11.3 Å². The highest BCUT2D eigenvalue weighted by molar-refractivity contribution is 5.94. The molecule has 3 rings (SSSR count). The van der Waals surface area contributed by atoms with Gasteiger partial charge in [0.15, 0.2) is 5.78 Å². The summed E-state index contributed by atoms with van der Waals surface area (Å²) in [6.07, 6.45) is 0. The lowest BCUT2D eigenvalue weighted by atomic mass is 10.1. The Kier molecular flexibility index (Phi) is 6.64. The summed E-state index contributed by atoms with van der Waals surface area (Å²) in [4.78, 5) is 29.8. The molecule has 6 heteroatoms. The third-order valence-electron chi connectivity index (χ3n) is 5.52. The molecule has 1 saturated heterocycles. The fourth-order valence-corrected chi connectivity index (χ4v) is 3.57. The van der Waals surface area contributed by atoms with E-state index < -0.39 is 0 Å². The summed E-state index contributed by atoms with van der Waals surface area (Å²) < 4.78 is 14.4. The number of aryl methyl sites for hydroxylation is 1. The van der Waals surface area contributed by atoms with E-state index in [0.717, 1.165) is 5.56 Å². The van der Waals surface area contributed by atoms with Crippen LogP contribution in [0.1, 0.15) is 28.4 Å². The highest BCUT2D eigenvalue weighted by atomic mass is 19.1. The standard InChI is InChI=1S/C23H28FN3O2/c1-17-6-4-5-7-20(17)15-25(3)23(29)16-26-10-12-27(13-11-26)22-9-8-19(18(2)28)14-21(22)24/h4-9,14H,10-13,15-16H2,1-3H3. The second kappa shape index (κ2) is 9.18. The number of ketones is 1. The van der Waals surface area contributed by atoms with Crippen LogP contribution in [0, 0.1) is 12.7 Å². The molecule has 1 heterocycles. The van der Waals surface area contributed by atoms with Gasteiger partial charge >= 0.3 is 0 Å². The molecule has 2 aromatic carbocycles. The van der Waals surface area contributed by atoms with E-state index in [1.165, 1.54) is 18.6 Å². The zero-order chi connectivity index (χ0) is 21.0. The van der Waals surface area contributed by atoms with Crippen LogP contribution in [0.4, 0.5) is 10.1 Å². The number of carbonyl (C=O) groups is 2. The Labute approximate surface area is 171 Å². The molecule has 0 aliphatic carbocycles. The van der Waals surface area contributed by atoms with Crippen molar-refractivity contribution in [2.45, 2.75) is 20.4 Å². The molecule has 1 aliphatic heterocycles. The van der Waals surface area contributed by atoms with Crippen LogP contribution in [0.25, 0.3) is 0 Å². The SMILES string of the molecule is CC(=O)c1ccc(N2CCN(CC(=O)N(C)Cc3ccccc3C)CC2)c(F)c1. The minimum absolute atomic E-state index is 0.0821. The zero-order valence-corrected chi connectivity index (χ0v) is 17.3. The number of piperazine rings is 1. The van der Waals surface area contributed by atoms with Crippen molar-refractivity contribution in [2.24, 2.45) is 0 Å². The Morgan fingerprint density at radius 2 is 1.76 bits per heavy atom. The number of likely N-dealkylation sites (N-methyl/N-ethyl adjacent to an activating group) is 1. The van der Waals surface area contributed by atoms with E-state index in [-0.39, 0.29) is 17.5 Å². The quantitative estimate of drug-likeness (QED) is 0.703. The van der Waals surface area contributed by atoms with Crippen molar-refractivity contribution in [1.82, 2.24) is 9.80 Å². The van der Waals surface area contributed by atoms with Gasteiger partial charge in [0.2, 0.25) is 5.91 Å². The van der Waals surface area contributed by atoms with Gasteiger partial charge in [-0.25, -0.2) is 4.39 Å². The van der Waals surface area contributed by atoms with Crippen LogP contribution in [0.3, 0.4) is 0 Å². The summed E-state index contributed by atoms with van der Waals surface area (Å²) in [5, 5.41) is 0. The topological polar surface area (TPSA) is 43.9 Å². The van der Waals surface area contributed by atoms with Gasteiger partial charge in [-0.1, -0.05) is 24.3 Å². The molecule has 2 aromatic rings. The van der Waals surface area contributed by atoms with E-state index in [2.05, 4.69) is 17.9 Å². The molecule has 0 unspecified atom stereocenters. The number of carbonyl (C=O) groups excluding carboxylic acids is 2. The highest BCUT2D eigenvalue weighted by Gasteiger charge is 2.22. The maximum Gasteiger partial charge on any atom is 0.236 e. The minimum Gasteiger partial charge on any atom is -0.367 e. The number of Topliss-reactive ketones (excluding diaryl/α,β-unsaturated/α-hetero) is 1. The Hall–Kier alpha value is -2.73. The molecule has 0 N–H and O–H groups in total. The van der Waals surface area contributed by atoms with Gasteiger partial charge in [-0.15, -0.1) is 0 Å². The van der Waals surface area contributed by atoms with Crippen LogP contribution in [0.15, 0.2) is 42.5 Å². The van der Waals surface area contributed by atoms with Gasteiger partial charge in [-0.3, -0.25) is 14.5 Å². The summed E-state index contributed by atoms with van der Waals surface area (Å²) in [7, 11) is 1.83. The van der Waals surface area contributed by atoms with E-state index in [9.17, 15) is 14.0 Å². The molecule has 1 aliphatic rings. The van der Waals surface area contributed by atoms with Crippen molar-refractivity contribution in [3.05, 3.63) is 65.0 Å². The molecule has 5 nitrogen and oxygen atoms in total. The van der Waals surface area contributed by atoms with E-state index >= 15 is 0 Å². The second-order valence-electron chi connectivity index (χ2n) is 7.66. The Bertz CT molecular complexity index is 891. The maximum atomic E-state index is 14.4. The molecule has 0 spiro atoms. The lowest BCUT2D eigenvalue weighted by molar-refractivity contribution is -0.131. The first-order valence-corrected chi connectivity index (χ1v) is 9.91. The van der Waals surface area contributed by atoms with E-state index in [4.69, 9.17) is 0 Å². The van der Waals surface area contributed by atoms with Crippen LogP contribution < -0.4 is 4.90 Å². The molecule has 154 valence electrons. The van der Waals surface area contributed by atoms with Gasteiger partial charge in [0, 0.05) is 45.3 Å². The van der Waals surface area contributed by atoms with E-state index in [1.54, 1.807) is 17.0 Å². The Morgan fingerprint density at radius 3 is 2.38 bits per heavy atom. The summed E-state index contributed by atoms with van der Waals surface area (Å²) in [6.45, 7) is 7.11. The minimum atomic E-state index is -0.375. The first-order valence-electron chi connectivity index (χ1n) is 9.91. The highest BCUT2D eigenvalue weighted by Crippen LogP contribution is 2.22. The van der Waals surface area contributed by atoms with Gasteiger partial charge in [0.05, 0.1) is 12.2 Å². The largest absolute Gasteiger partial charge is 0.367 e. The first kappa shape index (κ1) is 21.0. The van der Waals surface area contributed by atoms with Crippen LogP contribution in [0.5, 0.6) is 0 Å². The summed E-state index contributed by atoms with van der Waals surface area (Å²) in [5.41, 5.74) is 3.22. The summed E-state index contributed by atoms with van der Waals surface area (Å²) >= 11 is 0. The monoisotopic (exact) mass is 397 g/mol. The number of rotatable bonds is 6. The van der Waals surface area contributed by atoms with Crippen LogP contribution in [-0.4, -0.2) is 61.3 Å². The van der Waals surface area contributed by atoms with Crippen molar-refractivity contribution in [3.63, 3.8) is 0 Å². The van der Waals surface area contributed by atoms with Crippen LogP contribution in [0.2, 0.25) is 0 Å². The summed E-state index contributed by atoms with van der Waals surface area (Å²) in [5.74, 6) is -0.438. The van der Waals surface area contributed by atoms with Gasteiger partial charge in [-0.2, -0.15) is 0 Å². The van der Waals surface area contributed by atoms with Crippen molar-refractivity contribution in [1.29, 1.82) is 0 Å². The third kappa shape index (κ3) is 5.21. The Morgan fingerprint density at radius 1 is 1.07 bits per heavy atom. The zero-order valence-electron chi connectivity index (χ0n) is 17.3. The van der Waals surface area contributed by atoms with Crippen molar-refractivity contribution < 1.29 is 14.0 Å². The lowest BCUT2D eigenvalue weighted by Gasteiger charge is -2.36. The number of nitrogens with zero attached hydrogens (tertiary/aromatic N) is 3. The number of halogens is 1. The predicted octanol–water partition coefficient (Wildman–Crippen LogP) is 3.12. The molecule has 0 saturated carbocycles. The average Bonchev–Trinajstić information content (AvgIpc) is 2.70. The summed E-state index contributed by atoms with van der Waals surface area (Å²) in [6, 6.07) is 12.7. The smallest absolute Gasteiger partial charge is 0.236 e. The molecule has 0 radical (unpaired) electrons. The molecule has 0 aromatic heterocycles.